The molecule has 3 heterocycles. The van der Waals surface area contributed by atoms with Crippen LogP contribution in [0.15, 0.2) is 41.2 Å². The van der Waals surface area contributed by atoms with Gasteiger partial charge in [0.15, 0.2) is 0 Å². The minimum Gasteiger partial charge on any atom is -0.497 e. The molecule has 0 saturated carbocycles. The first-order valence-electron chi connectivity index (χ1n) is 12.4. The number of alkyl halides is 3. The fourth-order valence-corrected chi connectivity index (χ4v) is 5.23. The lowest BCUT2D eigenvalue weighted by Gasteiger charge is -2.23. The maximum atomic E-state index is 14.2. The number of rotatable bonds is 6. The number of aromatic nitrogens is 2. The third-order valence-electron chi connectivity index (χ3n) is 7.11. The molecule has 2 aliphatic rings. The largest absolute Gasteiger partial charge is 0.497 e. The maximum absolute atomic E-state index is 14.2. The van der Waals surface area contributed by atoms with E-state index in [2.05, 4.69) is 5.10 Å². The normalized spacial score (nSPS) is 15.3. The third-order valence-corrected chi connectivity index (χ3v) is 7.11. The molecule has 0 aliphatic carbocycles. The lowest BCUT2D eigenvalue weighted by molar-refractivity contribution is -0.137. The van der Waals surface area contributed by atoms with Gasteiger partial charge in [0.25, 0.3) is 5.56 Å². The summed E-state index contributed by atoms with van der Waals surface area (Å²) in [6.45, 7) is 4.57. The van der Waals surface area contributed by atoms with Gasteiger partial charge in [-0.3, -0.25) is 4.79 Å². The summed E-state index contributed by atoms with van der Waals surface area (Å²) in [5.41, 5.74) is 1.04. The predicted octanol–water partition coefficient (Wildman–Crippen LogP) is 4.92. The molecule has 2 aromatic carbocycles. The van der Waals surface area contributed by atoms with Gasteiger partial charge in [-0.15, -0.1) is 0 Å². The van der Waals surface area contributed by atoms with Gasteiger partial charge in [-0.05, 0) is 56.5 Å². The van der Waals surface area contributed by atoms with E-state index in [0.717, 1.165) is 36.7 Å². The lowest BCUT2D eigenvalue weighted by Crippen LogP contribution is -2.32. The van der Waals surface area contributed by atoms with Gasteiger partial charge in [0.2, 0.25) is 0 Å². The second kappa shape index (κ2) is 9.64. The molecule has 0 bridgehead atoms. The van der Waals surface area contributed by atoms with Gasteiger partial charge in [-0.25, -0.2) is 0 Å². The maximum Gasteiger partial charge on any atom is 0.418 e. The average molecular weight is 515 g/mol. The van der Waals surface area contributed by atoms with Crippen molar-refractivity contribution in [2.75, 3.05) is 50.2 Å². The molecule has 1 saturated heterocycles. The van der Waals surface area contributed by atoms with Gasteiger partial charge in [-0.2, -0.15) is 23.0 Å². The Morgan fingerprint density at radius 1 is 0.973 bits per heavy atom. The predicted molar refractivity (Wildman–Crippen MR) is 136 cm³/mol. The van der Waals surface area contributed by atoms with Crippen LogP contribution in [0.25, 0.3) is 16.9 Å². The van der Waals surface area contributed by atoms with Crippen LogP contribution in [0.2, 0.25) is 0 Å². The van der Waals surface area contributed by atoms with Crippen LogP contribution < -0.4 is 24.8 Å². The Morgan fingerprint density at radius 2 is 1.65 bits per heavy atom. The van der Waals surface area contributed by atoms with Crippen molar-refractivity contribution in [1.82, 2.24) is 9.78 Å². The van der Waals surface area contributed by atoms with E-state index in [1.165, 1.54) is 26.4 Å². The van der Waals surface area contributed by atoms with Crippen LogP contribution in [0.5, 0.6) is 11.5 Å². The topological polar surface area (TPSA) is 59.8 Å². The number of hydrogen-bond donors (Lipinski definition) is 0. The van der Waals surface area contributed by atoms with Crippen molar-refractivity contribution in [3.63, 3.8) is 0 Å². The number of benzene rings is 2. The van der Waals surface area contributed by atoms with Crippen molar-refractivity contribution in [3.05, 3.63) is 57.9 Å². The Labute approximate surface area is 213 Å². The number of hydrogen-bond acceptors (Lipinski definition) is 6. The molecular formula is C27H29F3N4O3. The number of fused-ring (bicyclic) bond motifs is 1. The Kier molecular flexibility index (Phi) is 6.51. The van der Waals surface area contributed by atoms with Crippen LogP contribution in [-0.4, -0.2) is 50.2 Å². The molecule has 37 heavy (non-hydrogen) atoms. The minimum atomic E-state index is -4.66. The van der Waals surface area contributed by atoms with E-state index in [9.17, 15) is 18.0 Å². The van der Waals surface area contributed by atoms with Crippen molar-refractivity contribution in [2.24, 2.45) is 0 Å². The quantitative estimate of drug-likeness (QED) is 0.466. The lowest BCUT2D eigenvalue weighted by atomic mass is 10.0. The number of methoxy groups -OCH3 is 2. The highest BCUT2D eigenvalue weighted by Gasteiger charge is 2.37. The average Bonchev–Trinajstić information content (AvgIpc) is 3.58. The van der Waals surface area contributed by atoms with E-state index in [0.29, 0.717) is 59.2 Å². The fourth-order valence-electron chi connectivity index (χ4n) is 5.23. The minimum absolute atomic E-state index is 0.274. The molecule has 0 radical (unpaired) electrons. The van der Waals surface area contributed by atoms with E-state index in [1.807, 2.05) is 16.7 Å². The first kappa shape index (κ1) is 25.0. The summed E-state index contributed by atoms with van der Waals surface area (Å²) >= 11 is 0. The van der Waals surface area contributed by atoms with Crippen molar-refractivity contribution in [3.8, 4) is 28.4 Å². The molecule has 3 aromatic rings. The molecule has 7 nitrogen and oxygen atoms in total. The zero-order valence-corrected chi connectivity index (χ0v) is 21.1. The zero-order valence-electron chi connectivity index (χ0n) is 21.1. The molecule has 0 N–H and O–H groups in total. The second-order valence-electron chi connectivity index (χ2n) is 9.22. The van der Waals surface area contributed by atoms with E-state index in [1.54, 1.807) is 18.2 Å². The third kappa shape index (κ3) is 4.49. The first-order chi connectivity index (χ1) is 17.7. The standard InChI is InChI=1S/C27H29F3N4O3/c1-4-32-12-9-21-24(17-13-19(36-2)16-20(14-17)37-3)31-34(26(35)25(21)32)23-15-18(33-10-5-6-11-33)7-8-22(23)27(28,29)30/h7-8,13-16H,4-6,9-12H2,1-3H3. The number of nitrogens with zero attached hydrogens (tertiary/aromatic N) is 4. The molecule has 0 spiro atoms. The van der Waals surface area contributed by atoms with Crippen molar-refractivity contribution in [2.45, 2.75) is 32.4 Å². The summed E-state index contributed by atoms with van der Waals surface area (Å²) in [6, 6.07) is 9.17. The summed E-state index contributed by atoms with van der Waals surface area (Å²) in [7, 11) is 3.05. The van der Waals surface area contributed by atoms with E-state index in [-0.39, 0.29) is 5.69 Å². The van der Waals surface area contributed by atoms with E-state index < -0.39 is 17.3 Å². The van der Waals surface area contributed by atoms with Gasteiger partial charge in [0, 0.05) is 49.1 Å². The van der Waals surface area contributed by atoms with Crippen molar-refractivity contribution in [1.29, 1.82) is 0 Å². The molecule has 0 unspecified atom stereocenters. The highest BCUT2D eigenvalue weighted by molar-refractivity contribution is 5.75. The Balaban J connectivity index is 1.80. The summed E-state index contributed by atoms with van der Waals surface area (Å²) in [4.78, 5) is 17.7. The fraction of sp³-hybridized carbons (Fsp3) is 0.407. The SMILES string of the molecule is CCN1CCc2c(-c3cc(OC)cc(OC)c3)nn(-c3cc(N4CCCC4)ccc3C(F)(F)F)c(=O)c21. The van der Waals surface area contributed by atoms with E-state index >= 15 is 0 Å². The monoisotopic (exact) mass is 514 g/mol. The smallest absolute Gasteiger partial charge is 0.418 e. The summed E-state index contributed by atoms with van der Waals surface area (Å²) in [5.74, 6) is 1.03. The molecule has 0 amide bonds. The zero-order chi connectivity index (χ0) is 26.3. The summed E-state index contributed by atoms with van der Waals surface area (Å²) in [5, 5.41) is 4.59. The van der Waals surface area contributed by atoms with E-state index in [4.69, 9.17) is 9.47 Å². The van der Waals surface area contributed by atoms with Gasteiger partial charge in [0.1, 0.15) is 17.2 Å². The van der Waals surface area contributed by atoms with Crippen LogP contribution in [0, 0.1) is 0 Å². The molecule has 1 aromatic heterocycles. The molecule has 0 atom stereocenters. The van der Waals surface area contributed by atoms with Crippen LogP contribution >= 0.6 is 0 Å². The van der Waals surface area contributed by atoms with Gasteiger partial charge in [0.05, 0.1) is 31.2 Å². The van der Waals surface area contributed by atoms with Crippen LogP contribution in [0.1, 0.15) is 30.9 Å². The summed E-state index contributed by atoms with van der Waals surface area (Å²) < 4.78 is 54.4. The Hall–Kier alpha value is -3.69. The number of anilines is 2. The molecule has 1 fully saturated rings. The Bertz CT molecular complexity index is 1360. The van der Waals surface area contributed by atoms with Crippen LogP contribution in [0.4, 0.5) is 24.5 Å². The van der Waals surface area contributed by atoms with Crippen molar-refractivity contribution < 1.29 is 22.6 Å². The Morgan fingerprint density at radius 3 is 2.24 bits per heavy atom. The highest BCUT2D eigenvalue weighted by Crippen LogP contribution is 2.39. The van der Waals surface area contributed by atoms with Gasteiger partial charge < -0.3 is 19.3 Å². The summed E-state index contributed by atoms with van der Waals surface area (Å²) in [6.07, 6.45) is -2.16. The number of halogens is 3. The molecule has 5 rings (SSSR count). The molecule has 196 valence electrons. The van der Waals surface area contributed by atoms with Crippen LogP contribution in [-0.2, 0) is 12.6 Å². The van der Waals surface area contributed by atoms with Crippen molar-refractivity contribution >= 4 is 11.4 Å². The molecule has 10 heteroatoms. The molecular weight excluding hydrogens is 485 g/mol. The molecule has 2 aliphatic heterocycles. The number of ether oxygens (including phenoxy) is 2. The second-order valence-corrected chi connectivity index (χ2v) is 9.22. The van der Waals surface area contributed by atoms with Gasteiger partial charge >= 0.3 is 6.18 Å². The first-order valence-corrected chi connectivity index (χ1v) is 12.4. The van der Waals surface area contributed by atoms with Crippen LogP contribution in [0.3, 0.4) is 0 Å². The van der Waals surface area contributed by atoms with Gasteiger partial charge in [-0.1, -0.05) is 0 Å². The highest BCUT2D eigenvalue weighted by atomic mass is 19.4. The number of likely N-dealkylation sites (N-methyl/N-ethyl adjacent to an activating group) is 1.